The van der Waals surface area contributed by atoms with Gasteiger partial charge in [0.25, 0.3) is 5.91 Å². The third-order valence-corrected chi connectivity index (χ3v) is 4.77. The molecule has 0 bridgehead atoms. The third kappa shape index (κ3) is 7.88. The Hall–Kier alpha value is -2.09. The quantitative estimate of drug-likeness (QED) is 0.457. The zero-order valence-corrected chi connectivity index (χ0v) is 19.0. The van der Waals surface area contributed by atoms with Gasteiger partial charge in [-0.15, -0.1) is 0 Å². The molecule has 2 nitrogen and oxygen atoms in total. The molecule has 1 amide bonds. The Morgan fingerprint density at radius 3 is 2.43 bits per heavy atom. The van der Waals surface area contributed by atoms with E-state index in [4.69, 9.17) is 0 Å². The van der Waals surface area contributed by atoms with Crippen LogP contribution in [-0.4, -0.2) is 11.4 Å². The number of allylic oxidation sites excluding steroid dienone is 5. The maximum absolute atomic E-state index is 12.7. The van der Waals surface area contributed by atoms with Crippen LogP contribution in [0.2, 0.25) is 0 Å². The van der Waals surface area contributed by atoms with E-state index in [0.29, 0.717) is 5.92 Å². The van der Waals surface area contributed by atoms with E-state index < -0.39 is 0 Å². The summed E-state index contributed by atoms with van der Waals surface area (Å²) in [5.74, 6) is 0.507. The van der Waals surface area contributed by atoms with Crippen molar-refractivity contribution >= 4 is 5.91 Å². The first-order valence-electron chi connectivity index (χ1n) is 10.5. The highest BCUT2D eigenvalue weighted by Gasteiger charge is 2.18. The SMILES string of the molecule is C=C(C)C(=C/C)/C(=C\CC)CCC(C)Cc1ccccc1C(=O)NC(C)(C)C. The van der Waals surface area contributed by atoms with Crippen molar-refractivity contribution in [2.45, 2.75) is 79.7 Å². The van der Waals surface area contributed by atoms with Gasteiger partial charge in [0, 0.05) is 11.1 Å². The van der Waals surface area contributed by atoms with Crippen LogP contribution in [0, 0.1) is 5.92 Å². The number of benzene rings is 1. The normalized spacial score (nSPS) is 14.0. The van der Waals surface area contributed by atoms with Crippen molar-refractivity contribution in [2.24, 2.45) is 5.92 Å². The first kappa shape index (κ1) is 23.9. The van der Waals surface area contributed by atoms with Gasteiger partial charge in [0.1, 0.15) is 0 Å². The second kappa shape index (κ2) is 11.0. The number of hydrogen-bond acceptors (Lipinski definition) is 1. The van der Waals surface area contributed by atoms with E-state index in [1.54, 1.807) is 0 Å². The number of hydrogen-bond donors (Lipinski definition) is 1. The van der Waals surface area contributed by atoms with Gasteiger partial charge < -0.3 is 5.32 Å². The number of carbonyl (C=O) groups is 1. The van der Waals surface area contributed by atoms with E-state index in [2.05, 4.69) is 57.8 Å². The molecular weight excluding hydrogens is 342 g/mol. The number of carbonyl (C=O) groups excluding carboxylic acids is 1. The minimum atomic E-state index is -0.235. The van der Waals surface area contributed by atoms with Crippen LogP contribution >= 0.6 is 0 Å². The summed E-state index contributed by atoms with van der Waals surface area (Å²) >= 11 is 0. The summed E-state index contributed by atoms with van der Waals surface area (Å²) in [5.41, 5.74) is 5.48. The molecule has 0 spiro atoms. The van der Waals surface area contributed by atoms with Crippen molar-refractivity contribution in [3.05, 3.63) is 70.8 Å². The summed E-state index contributed by atoms with van der Waals surface area (Å²) in [7, 11) is 0. The summed E-state index contributed by atoms with van der Waals surface area (Å²) in [6.07, 6.45) is 8.56. The maximum Gasteiger partial charge on any atom is 0.251 e. The first-order valence-corrected chi connectivity index (χ1v) is 10.5. The lowest BCUT2D eigenvalue weighted by Crippen LogP contribution is -2.41. The van der Waals surface area contributed by atoms with Crippen molar-refractivity contribution < 1.29 is 4.79 Å². The number of nitrogens with one attached hydrogen (secondary N) is 1. The van der Waals surface area contributed by atoms with Gasteiger partial charge in [0.05, 0.1) is 0 Å². The Labute approximate surface area is 172 Å². The molecule has 1 N–H and O–H groups in total. The molecular formula is C26H39NO. The van der Waals surface area contributed by atoms with Gasteiger partial charge in [-0.2, -0.15) is 0 Å². The van der Waals surface area contributed by atoms with E-state index in [-0.39, 0.29) is 11.4 Å². The van der Waals surface area contributed by atoms with Crippen LogP contribution in [-0.2, 0) is 6.42 Å². The van der Waals surface area contributed by atoms with Crippen molar-refractivity contribution in [1.82, 2.24) is 5.32 Å². The molecule has 0 aliphatic rings. The molecule has 1 rings (SSSR count). The van der Waals surface area contributed by atoms with Gasteiger partial charge in [-0.1, -0.05) is 56.4 Å². The molecule has 0 aliphatic carbocycles. The second-order valence-electron chi connectivity index (χ2n) is 8.83. The number of rotatable bonds is 9. The van der Waals surface area contributed by atoms with E-state index in [1.165, 1.54) is 11.1 Å². The molecule has 28 heavy (non-hydrogen) atoms. The Kier molecular flexibility index (Phi) is 9.45. The zero-order valence-electron chi connectivity index (χ0n) is 19.0. The van der Waals surface area contributed by atoms with Gasteiger partial charge in [-0.05, 0) is 89.0 Å². The van der Waals surface area contributed by atoms with E-state index >= 15 is 0 Å². The van der Waals surface area contributed by atoms with Crippen LogP contribution in [0.5, 0.6) is 0 Å². The first-order chi connectivity index (χ1) is 13.1. The second-order valence-corrected chi connectivity index (χ2v) is 8.83. The summed E-state index contributed by atoms with van der Waals surface area (Å²) in [6, 6.07) is 7.99. The topological polar surface area (TPSA) is 29.1 Å². The Balaban J connectivity index is 2.86. The monoisotopic (exact) mass is 381 g/mol. The molecule has 1 aromatic carbocycles. The summed E-state index contributed by atoms with van der Waals surface area (Å²) in [5, 5.41) is 3.09. The summed E-state index contributed by atoms with van der Waals surface area (Å²) in [6.45, 7) is 18.8. The van der Waals surface area contributed by atoms with Crippen LogP contribution in [0.25, 0.3) is 0 Å². The largest absolute Gasteiger partial charge is 0.347 e. The van der Waals surface area contributed by atoms with Crippen molar-refractivity contribution in [2.75, 3.05) is 0 Å². The highest BCUT2D eigenvalue weighted by molar-refractivity contribution is 5.96. The predicted molar refractivity (Wildman–Crippen MR) is 123 cm³/mol. The van der Waals surface area contributed by atoms with E-state index in [0.717, 1.165) is 42.4 Å². The Bertz CT molecular complexity index is 731. The minimum absolute atomic E-state index is 0.0142. The predicted octanol–water partition coefficient (Wildman–Crippen LogP) is 7.03. The molecule has 1 unspecified atom stereocenters. The Morgan fingerprint density at radius 1 is 1.25 bits per heavy atom. The minimum Gasteiger partial charge on any atom is -0.347 e. The molecule has 154 valence electrons. The van der Waals surface area contributed by atoms with Crippen LogP contribution < -0.4 is 5.32 Å². The molecule has 1 atom stereocenters. The molecule has 1 aromatic rings. The van der Waals surface area contributed by atoms with Crippen LogP contribution in [0.3, 0.4) is 0 Å². The summed E-state index contributed by atoms with van der Waals surface area (Å²) in [4.78, 5) is 12.7. The lowest BCUT2D eigenvalue weighted by atomic mass is 9.88. The third-order valence-electron chi connectivity index (χ3n) is 4.77. The standard InChI is InChI=1S/C26H39NO/c1-9-13-21(23(10-2)19(3)4)17-16-20(5)18-22-14-11-12-15-24(22)25(28)27-26(6,7)8/h10-15,20H,3,9,16-18H2,1-2,4-8H3,(H,27,28)/b21-13-,23-10-. The van der Waals surface area contributed by atoms with Crippen molar-refractivity contribution in [3.63, 3.8) is 0 Å². The Morgan fingerprint density at radius 2 is 1.89 bits per heavy atom. The van der Waals surface area contributed by atoms with Gasteiger partial charge in [0.2, 0.25) is 0 Å². The lowest BCUT2D eigenvalue weighted by Gasteiger charge is -2.22. The molecule has 0 aliphatic heterocycles. The fourth-order valence-corrected chi connectivity index (χ4v) is 3.51. The smallest absolute Gasteiger partial charge is 0.251 e. The molecule has 0 heterocycles. The van der Waals surface area contributed by atoms with Gasteiger partial charge in [-0.3, -0.25) is 4.79 Å². The van der Waals surface area contributed by atoms with Crippen molar-refractivity contribution in [3.8, 4) is 0 Å². The van der Waals surface area contributed by atoms with Crippen LogP contribution in [0.15, 0.2) is 59.7 Å². The van der Waals surface area contributed by atoms with Crippen LogP contribution in [0.4, 0.5) is 0 Å². The maximum atomic E-state index is 12.7. The fraction of sp³-hybridized carbons (Fsp3) is 0.500. The molecule has 0 saturated carbocycles. The highest BCUT2D eigenvalue weighted by atomic mass is 16.1. The fourth-order valence-electron chi connectivity index (χ4n) is 3.51. The van der Waals surface area contributed by atoms with E-state index in [1.807, 2.05) is 39.0 Å². The van der Waals surface area contributed by atoms with E-state index in [9.17, 15) is 4.79 Å². The molecule has 0 saturated heterocycles. The number of amides is 1. The van der Waals surface area contributed by atoms with Crippen molar-refractivity contribution in [1.29, 1.82) is 0 Å². The average molecular weight is 382 g/mol. The molecule has 0 fully saturated rings. The molecule has 0 radical (unpaired) electrons. The highest BCUT2D eigenvalue weighted by Crippen LogP contribution is 2.26. The lowest BCUT2D eigenvalue weighted by molar-refractivity contribution is 0.0918. The van der Waals surface area contributed by atoms with Gasteiger partial charge in [0.15, 0.2) is 0 Å². The molecule has 2 heteroatoms. The van der Waals surface area contributed by atoms with Gasteiger partial charge in [-0.25, -0.2) is 0 Å². The molecule has 0 aromatic heterocycles. The summed E-state index contributed by atoms with van der Waals surface area (Å²) < 4.78 is 0. The average Bonchev–Trinajstić information content (AvgIpc) is 2.59. The zero-order chi connectivity index (χ0) is 21.3. The van der Waals surface area contributed by atoms with Crippen LogP contribution in [0.1, 0.15) is 83.7 Å². The van der Waals surface area contributed by atoms with Gasteiger partial charge >= 0.3 is 0 Å².